The highest BCUT2D eigenvalue weighted by Gasteiger charge is 2.36. The average Bonchev–Trinajstić information content (AvgIpc) is 2.59. The lowest BCUT2D eigenvalue weighted by molar-refractivity contribution is -0.163. The van der Waals surface area contributed by atoms with E-state index in [0.29, 0.717) is 12.8 Å². The van der Waals surface area contributed by atoms with Gasteiger partial charge in [-0.15, -0.1) is 0 Å². The molecule has 0 aliphatic rings. The monoisotopic (exact) mass is 365 g/mol. The molecule has 0 aromatic carbocycles. The number of carbonyl (C=O) groups excluding carboxylic acids is 3. The molecule has 7 nitrogen and oxygen atoms in total. The third-order valence-corrected chi connectivity index (χ3v) is 3.35. The molecule has 0 bridgehead atoms. The van der Waals surface area contributed by atoms with Crippen molar-refractivity contribution in [2.75, 3.05) is 6.61 Å². The van der Waals surface area contributed by atoms with E-state index in [0.717, 1.165) is 4.90 Å². The Morgan fingerprint density at radius 1 is 1.04 bits per heavy atom. The van der Waals surface area contributed by atoms with Crippen molar-refractivity contribution in [3.63, 3.8) is 0 Å². The van der Waals surface area contributed by atoms with E-state index in [2.05, 4.69) is 6.58 Å². The number of imide groups is 1. The molecule has 26 heavy (non-hydrogen) atoms. The van der Waals surface area contributed by atoms with Crippen molar-refractivity contribution in [1.29, 1.82) is 0 Å². The molecule has 0 heterocycles. The predicted octanol–water partition coefficient (Wildman–Crippen LogP) is 2.63. The van der Waals surface area contributed by atoms with Gasteiger partial charge in [0.1, 0.15) is 12.6 Å². The average molecular weight is 365 g/mol. The Hall–Kier alpha value is -2.70. The molecule has 0 aromatic rings. The van der Waals surface area contributed by atoms with Gasteiger partial charge in [0.15, 0.2) is 0 Å². The second-order valence-electron chi connectivity index (χ2n) is 5.41. The molecule has 7 heteroatoms. The molecule has 1 atom stereocenters. The fourth-order valence-corrected chi connectivity index (χ4v) is 2.16. The minimum absolute atomic E-state index is 0.00937. The number of esters is 1. The summed E-state index contributed by atoms with van der Waals surface area (Å²) in [5.74, 6) is -3.45. The summed E-state index contributed by atoms with van der Waals surface area (Å²) in [4.78, 5) is 49.2. The standard InChI is InChI=1S/C19H27NO6/c1-4-7-9-11-16(21)20(17(22)12-10-8-5-2)15(14-18(23)24)19(25)26-13-6-3/h4-8,15H,3,9-14H2,1-2H3,(H,23,24)/b7-4+,8-5+. The van der Waals surface area contributed by atoms with Crippen LogP contribution in [-0.4, -0.2) is 46.4 Å². The van der Waals surface area contributed by atoms with Crippen LogP contribution in [0, 0.1) is 0 Å². The van der Waals surface area contributed by atoms with E-state index in [1.807, 2.05) is 0 Å². The summed E-state index contributed by atoms with van der Waals surface area (Å²) in [5.41, 5.74) is 0. The molecule has 0 radical (unpaired) electrons. The van der Waals surface area contributed by atoms with Crippen molar-refractivity contribution in [3.8, 4) is 0 Å². The number of hydrogen-bond acceptors (Lipinski definition) is 5. The summed E-state index contributed by atoms with van der Waals surface area (Å²) in [5, 5.41) is 9.10. The maximum atomic E-state index is 12.5. The van der Waals surface area contributed by atoms with Crippen LogP contribution in [0.2, 0.25) is 0 Å². The Kier molecular flexibility index (Phi) is 12.2. The third kappa shape index (κ3) is 8.96. The van der Waals surface area contributed by atoms with E-state index in [-0.39, 0.29) is 19.4 Å². The van der Waals surface area contributed by atoms with Crippen LogP contribution in [0.1, 0.15) is 46.0 Å². The van der Waals surface area contributed by atoms with E-state index >= 15 is 0 Å². The smallest absolute Gasteiger partial charge is 0.330 e. The van der Waals surface area contributed by atoms with Crippen molar-refractivity contribution >= 4 is 23.8 Å². The molecule has 0 aliphatic carbocycles. The van der Waals surface area contributed by atoms with Crippen LogP contribution in [0.25, 0.3) is 0 Å². The number of amides is 2. The Morgan fingerprint density at radius 2 is 1.54 bits per heavy atom. The zero-order chi connectivity index (χ0) is 19.9. The molecular formula is C19H27NO6. The minimum atomic E-state index is -1.50. The van der Waals surface area contributed by atoms with Crippen molar-refractivity contribution in [2.45, 2.75) is 52.0 Å². The number of carboxylic acid groups (broad SMARTS) is 1. The molecule has 144 valence electrons. The third-order valence-electron chi connectivity index (χ3n) is 3.35. The second kappa shape index (κ2) is 13.6. The Balaban J connectivity index is 5.55. The van der Waals surface area contributed by atoms with Crippen LogP contribution in [0.5, 0.6) is 0 Å². The Bertz CT molecular complexity index is 536. The van der Waals surface area contributed by atoms with Gasteiger partial charge in [-0.1, -0.05) is 37.0 Å². The van der Waals surface area contributed by atoms with Crippen LogP contribution >= 0.6 is 0 Å². The maximum Gasteiger partial charge on any atom is 0.330 e. The summed E-state index contributed by atoms with van der Waals surface area (Å²) in [6, 6.07) is -1.50. The van der Waals surface area contributed by atoms with E-state index in [1.54, 1.807) is 38.2 Å². The number of nitrogens with zero attached hydrogens (tertiary/aromatic N) is 1. The van der Waals surface area contributed by atoms with Gasteiger partial charge in [-0.2, -0.15) is 0 Å². The van der Waals surface area contributed by atoms with Crippen molar-refractivity contribution in [1.82, 2.24) is 4.90 Å². The van der Waals surface area contributed by atoms with Crippen LogP contribution in [0.15, 0.2) is 37.0 Å². The predicted molar refractivity (Wildman–Crippen MR) is 97.1 cm³/mol. The number of carboxylic acids is 1. The second-order valence-corrected chi connectivity index (χ2v) is 5.41. The highest BCUT2D eigenvalue weighted by Crippen LogP contribution is 2.14. The van der Waals surface area contributed by atoms with Crippen LogP contribution in [-0.2, 0) is 23.9 Å². The fraction of sp³-hybridized carbons (Fsp3) is 0.474. The maximum absolute atomic E-state index is 12.5. The molecule has 0 aromatic heterocycles. The van der Waals surface area contributed by atoms with Gasteiger partial charge in [0, 0.05) is 12.8 Å². The SMILES string of the molecule is C=CCOC(=O)C(CC(=O)O)N(C(=O)CC/C=C/C)C(=O)CC/C=C/C. The Labute approximate surface area is 154 Å². The van der Waals surface area contributed by atoms with Gasteiger partial charge in [0.2, 0.25) is 11.8 Å². The lowest BCUT2D eigenvalue weighted by atomic mass is 10.1. The summed E-state index contributed by atoms with van der Waals surface area (Å²) < 4.78 is 4.89. The summed E-state index contributed by atoms with van der Waals surface area (Å²) in [6.07, 6.45) is 8.39. The van der Waals surface area contributed by atoms with Gasteiger partial charge in [-0.05, 0) is 26.7 Å². The molecule has 1 unspecified atom stereocenters. The number of allylic oxidation sites excluding steroid dienone is 4. The quantitative estimate of drug-likeness (QED) is 0.421. The van der Waals surface area contributed by atoms with Crippen molar-refractivity contribution < 1.29 is 29.0 Å². The number of ether oxygens (including phenoxy) is 1. The van der Waals surface area contributed by atoms with Crippen LogP contribution < -0.4 is 0 Å². The first-order valence-corrected chi connectivity index (χ1v) is 8.45. The van der Waals surface area contributed by atoms with Crippen molar-refractivity contribution in [3.05, 3.63) is 37.0 Å². The molecule has 0 saturated heterocycles. The van der Waals surface area contributed by atoms with Crippen LogP contribution in [0.3, 0.4) is 0 Å². The van der Waals surface area contributed by atoms with Gasteiger partial charge in [-0.25, -0.2) is 4.79 Å². The molecule has 1 N–H and O–H groups in total. The highest BCUT2D eigenvalue weighted by molar-refractivity contribution is 6.00. The lowest BCUT2D eigenvalue weighted by Crippen LogP contribution is -2.50. The van der Waals surface area contributed by atoms with E-state index in [9.17, 15) is 19.2 Å². The largest absolute Gasteiger partial charge is 0.481 e. The highest BCUT2D eigenvalue weighted by atomic mass is 16.5. The van der Waals surface area contributed by atoms with E-state index in [4.69, 9.17) is 9.84 Å². The van der Waals surface area contributed by atoms with Gasteiger partial charge in [0.25, 0.3) is 0 Å². The molecule has 2 amide bonds. The molecule has 0 rings (SSSR count). The molecular weight excluding hydrogens is 338 g/mol. The summed E-state index contributed by atoms with van der Waals surface area (Å²) in [7, 11) is 0. The number of carbonyl (C=O) groups is 4. The van der Waals surface area contributed by atoms with Gasteiger partial charge in [-0.3, -0.25) is 19.3 Å². The van der Waals surface area contributed by atoms with E-state index in [1.165, 1.54) is 6.08 Å². The molecule has 0 aliphatic heterocycles. The number of rotatable bonds is 12. The first-order chi connectivity index (χ1) is 12.4. The Morgan fingerprint density at radius 3 is 1.92 bits per heavy atom. The zero-order valence-electron chi connectivity index (χ0n) is 15.3. The molecule has 0 saturated carbocycles. The van der Waals surface area contributed by atoms with Gasteiger partial charge < -0.3 is 9.84 Å². The zero-order valence-corrected chi connectivity index (χ0v) is 15.3. The summed E-state index contributed by atoms with van der Waals surface area (Å²) >= 11 is 0. The normalized spacial score (nSPS) is 12.1. The first kappa shape index (κ1) is 23.3. The minimum Gasteiger partial charge on any atom is -0.481 e. The van der Waals surface area contributed by atoms with Gasteiger partial charge >= 0.3 is 11.9 Å². The topological polar surface area (TPSA) is 101 Å². The van der Waals surface area contributed by atoms with Crippen LogP contribution in [0.4, 0.5) is 0 Å². The van der Waals surface area contributed by atoms with Crippen molar-refractivity contribution in [2.24, 2.45) is 0 Å². The number of aliphatic carboxylic acids is 1. The molecule has 0 fully saturated rings. The molecule has 0 spiro atoms. The fourth-order valence-electron chi connectivity index (χ4n) is 2.16. The summed E-state index contributed by atoms with van der Waals surface area (Å²) in [6.45, 7) is 6.87. The van der Waals surface area contributed by atoms with E-state index < -0.39 is 36.2 Å². The first-order valence-electron chi connectivity index (χ1n) is 8.45. The lowest BCUT2D eigenvalue weighted by Gasteiger charge is -2.27. The number of hydrogen-bond donors (Lipinski definition) is 1. The van der Waals surface area contributed by atoms with Gasteiger partial charge in [0.05, 0.1) is 6.42 Å².